The third kappa shape index (κ3) is 6.44. The summed E-state index contributed by atoms with van der Waals surface area (Å²) in [4.78, 5) is 47.6. The molecule has 9 nitrogen and oxygen atoms in total. The number of oxime groups is 1. The predicted octanol–water partition coefficient (Wildman–Crippen LogP) is 6.93. The smallest absolute Gasteiger partial charge is 0.348 e. The number of nitrogens with zero attached hydrogens (tertiary/aromatic N) is 3. The molecule has 1 N–H and O–H groups in total. The largest absolute Gasteiger partial charge is 0.427 e. The number of benzene rings is 3. The second-order valence-corrected chi connectivity index (χ2v) is 11.6. The second kappa shape index (κ2) is 13.9. The molecule has 0 saturated carbocycles. The maximum Gasteiger partial charge on any atom is 0.348 e. The molecule has 0 spiro atoms. The number of fused-ring (bicyclic) bond motifs is 3. The van der Waals surface area contributed by atoms with Crippen LogP contribution >= 0.6 is 0 Å². The fourth-order valence-corrected chi connectivity index (χ4v) is 6.14. The fourth-order valence-electron chi connectivity index (χ4n) is 6.14. The van der Waals surface area contributed by atoms with E-state index >= 15 is 0 Å². The van der Waals surface area contributed by atoms with Crippen LogP contribution in [0.4, 0.5) is 5.69 Å². The number of likely N-dealkylation sites (tertiary alicyclic amines) is 1. The summed E-state index contributed by atoms with van der Waals surface area (Å²) in [6, 6.07) is 25.9. The topological polar surface area (TPSA) is 106 Å². The van der Waals surface area contributed by atoms with Crippen molar-refractivity contribution in [1.82, 2.24) is 9.47 Å². The number of carbonyl (C=O) groups is 2. The first-order valence-electron chi connectivity index (χ1n) is 15.9. The Bertz CT molecular complexity index is 1960. The first-order chi connectivity index (χ1) is 22.5. The molecule has 3 heterocycles. The number of rotatable bonds is 11. The van der Waals surface area contributed by atoms with Crippen LogP contribution in [0.15, 0.2) is 99.3 Å². The Kier molecular flexibility index (Phi) is 9.28. The third-order valence-electron chi connectivity index (χ3n) is 8.48. The summed E-state index contributed by atoms with van der Waals surface area (Å²) in [5.41, 5.74) is 3.48. The van der Waals surface area contributed by atoms with Crippen molar-refractivity contribution in [1.29, 1.82) is 0 Å². The lowest BCUT2D eigenvalue weighted by atomic mass is 10.1. The van der Waals surface area contributed by atoms with E-state index in [1.165, 1.54) is 11.0 Å². The van der Waals surface area contributed by atoms with Crippen LogP contribution in [0, 0.1) is 0 Å². The van der Waals surface area contributed by atoms with Gasteiger partial charge in [0.25, 0.3) is 5.91 Å². The highest BCUT2D eigenvalue weighted by atomic mass is 16.6. The molecule has 5 aromatic rings. The van der Waals surface area contributed by atoms with Gasteiger partial charge < -0.3 is 24.0 Å². The number of nitrogens with one attached hydrogen (secondary N) is 1. The van der Waals surface area contributed by atoms with Crippen molar-refractivity contribution in [3.05, 3.63) is 112 Å². The van der Waals surface area contributed by atoms with Crippen LogP contribution < -0.4 is 10.9 Å². The minimum absolute atomic E-state index is 0.0480. The van der Waals surface area contributed by atoms with E-state index in [-0.39, 0.29) is 31.0 Å². The summed E-state index contributed by atoms with van der Waals surface area (Å²) in [6.45, 7) is 5.33. The summed E-state index contributed by atoms with van der Waals surface area (Å²) >= 11 is 0. The van der Waals surface area contributed by atoms with Gasteiger partial charge in [0.2, 0.25) is 5.91 Å². The maximum absolute atomic E-state index is 13.8. The van der Waals surface area contributed by atoms with E-state index in [0.29, 0.717) is 23.6 Å². The highest BCUT2D eigenvalue weighted by Gasteiger charge is 2.39. The molecular formula is C37H38N4O5. The van der Waals surface area contributed by atoms with Crippen molar-refractivity contribution in [2.45, 2.75) is 65.1 Å². The van der Waals surface area contributed by atoms with E-state index in [1.807, 2.05) is 60.7 Å². The standard InChI is InChI=1S/C37H38N4O5/c1-3-5-7-14-28-18-19-30(37(44)46-28)36(43)41-23-27(39-45-24-25-12-8-6-9-13-25)22-34(41)35(42)38-26-17-20-33-31(21-26)29-15-10-11-16-32(29)40(33)4-2/h6,8-13,15-21,34H,3-5,7,14,22-24H2,1-2H3,(H,38,42)/b39-27+/t34-/m0/s1. The Labute approximate surface area is 267 Å². The molecule has 0 aliphatic carbocycles. The molecule has 2 aromatic heterocycles. The van der Waals surface area contributed by atoms with E-state index in [0.717, 1.165) is 53.2 Å². The number of hydrogen-bond donors (Lipinski definition) is 1. The van der Waals surface area contributed by atoms with Gasteiger partial charge in [-0.1, -0.05) is 73.5 Å². The molecule has 0 radical (unpaired) electrons. The van der Waals surface area contributed by atoms with Crippen LogP contribution in [0.3, 0.4) is 0 Å². The molecule has 1 saturated heterocycles. The van der Waals surface area contributed by atoms with E-state index in [9.17, 15) is 14.4 Å². The van der Waals surface area contributed by atoms with Gasteiger partial charge in [-0.2, -0.15) is 0 Å². The molecular weight excluding hydrogens is 580 g/mol. The van der Waals surface area contributed by atoms with Gasteiger partial charge >= 0.3 is 5.63 Å². The Morgan fingerprint density at radius 3 is 2.50 bits per heavy atom. The molecule has 46 heavy (non-hydrogen) atoms. The number of carbonyl (C=O) groups excluding carboxylic acids is 2. The molecule has 9 heteroatoms. The lowest BCUT2D eigenvalue weighted by Gasteiger charge is -2.23. The average Bonchev–Trinajstić information content (AvgIpc) is 3.64. The van der Waals surface area contributed by atoms with Gasteiger partial charge in [-0.05, 0) is 55.3 Å². The van der Waals surface area contributed by atoms with Gasteiger partial charge in [-0.15, -0.1) is 0 Å². The zero-order valence-corrected chi connectivity index (χ0v) is 26.2. The molecule has 1 atom stereocenters. The Hall–Kier alpha value is -5.18. The van der Waals surface area contributed by atoms with Crippen LogP contribution in [0.25, 0.3) is 21.8 Å². The molecule has 3 aromatic carbocycles. The van der Waals surface area contributed by atoms with Gasteiger partial charge in [-0.25, -0.2) is 4.79 Å². The predicted molar refractivity (Wildman–Crippen MR) is 180 cm³/mol. The van der Waals surface area contributed by atoms with Crippen molar-refractivity contribution in [3.63, 3.8) is 0 Å². The molecule has 0 unspecified atom stereocenters. The van der Waals surface area contributed by atoms with Crippen molar-refractivity contribution in [2.24, 2.45) is 5.16 Å². The van der Waals surface area contributed by atoms with E-state index in [1.54, 1.807) is 6.07 Å². The number of anilines is 1. The third-order valence-corrected chi connectivity index (χ3v) is 8.48. The van der Waals surface area contributed by atoms with Crippen molar-refractivity contribution < 1.29 is 18.8 Å². The van der Waals surface area contributed by atoms with E-state index < -0.39 is 17.6 Å². The molecule has 6 rings (SSSR count). The van der Waals surface area contributed by atoms with Crippen LogP contribution in [0.1, 0.15) is 61.2 Å². The number of amides is 2. The Morgan fingerprint density at radius 1 is 0.935 bits per heavy atom. The quantitative estimate of drug-likeness (QED) is 0.128. The Morgan fingerprint density at radius 2 is 1.72 bits per heavy atom. The fraction of sp³-hybridized carbons (Fsp3) is 0.297. The number of para-hydroxylation sites is 1. The SMILES string of the molecule is CCCCCc1ccc(C(=O)N2C/C(=N/OCc3ccccc3)C[C@H]2C(=O)Nc2ccc3c(c2)c2ccccc2n3CC)c(=O)o1. The van der Waals surface area contributed by atoms with Crippen LogP contribution in [0.2, 0.25) is 0 Å². The molecule has 1 aliphatic heterocycles. The minimum atomic E-state index is -0.900. The lowest BCUT2D eigenvalue weighted by molar-refractivity contribution is -0.119. The average molecular weight is 619 g/mol. The first kappa shape index (κ1) is 30.8. The van der Waals surface area contributed by atoms with Crippen molar-refractivity contribution in [2.75, 3.05) is 11.9 Å². The van der Waals surface area contributed by atoms with Gasteiger partial charge in [0.05, 0.1) is 12.3 Å². The summed E-state index contributed by atoms with van der Waals surface area (Å²) in [5.74, 6) is -0.411. The lowest BCUT2D eigenvalue weighted by Crippen LogP contribution is -2.44. The summed E-state index contributed by atoms with van der Waals surface area (Å²) in [6.07, 6.45) is 3.77. The molecule has 2 amide bonds. The first-order valence-corrected chi connectivity index (χ1v) is 15.9. The van der Waals surface area contributed by atoms with Crippen LogP contribution in [-0.4, -0.2) is 39.6 Å². The minimum Gasteiger partial charge on any atom is -0.427 e. The summed E-state index contributed by atoms with van der Waals surface area (Å²) in [5, 5.41) is 9.44. The van der Waals surface area contributed by atoms with Crippen LogP contribution in [-0.2, 0) is 29.2 Å². The molecule has 0 bridgehead atoms. The van der Waals surface area contributed by atoms with Gasteiger partial charge in [0.15, 0.2) is 0 Å². The summed E-state index contributed by atoms with van der Waals surface area (Å²) in [7, 11) is 0. The number of aryl methyl sites for hydroxylation is 2. The summed E-state index contributed by atoms with van der Waals surface area (Å²) < 4.78 is 7.74. The van der Waals surface area contributed by atoms with Crippen LogP contribution in [0.5, 0.6) is 0 Å². The van der Waals surface area contributed by atoms with Crippen molar-refractivity contribution >= 4 is 45.0 Å². The van der Waals surface area contributed by atoms with Gasteiger partial charge in [-0.3, -0.25) is 9.59 Å². The van der Waals surface area contributed by atoms with Gasteiger partial charge in [0, 0.05) is 46.9 Å². The maximum atomic E-state index is 13.8. The van der Waals surface area contributed by atoms with Gasteiger partial charge in [0.1, 0.15) is 24.0 Å². The van der Waals surface area contributed by atoms with E-state index in [2.05, 4.69) is 41.0 Å². The molecule has 1 fully saturated rings. The van der Waals surface area contributed by atoms with E-state index in [4.69, 9.17) is 9.25 Å². The second-order valence-electron chi connectivity index (χ2n) is 11.6. The monoisotopic (exact) mass is 618 g/mol. The normalized spacial score (nSPS) is 15.6. The highest BCUT2D eigenvalue weighted by Crippen LogP contribution is 2.31. The Balaban J connectivity index is 1.26. The number of aromatic nitrogens is 1. The zero-order valence-electron chi connectivity index (χ0n) is 26.2. The molecule has 1 aliphatic rings. The molecule has 236 valence electrons. The number of unbranched alkanes of at least 4 members (excludes halogenated alkanes) is 2. The van der Waals surface area contributed by atoms with Crippen molar-refractivity contribution in [3.8, 4) is 0 Å². The number of hydrogen-bond acceptors (Lipinski definition) is 6. The zero-order chi connectivity index (χ0) is 32.0. The highest BCUT2D eigenvalue weighted by molar-refractivity contribution is 6.11.